The molecular formula is C14H9ClF4. The average Bonchev–Trinajstić information content (AvgIpc) is 2.39. The normalized spacial score (nSPS) is 12.5. The van der Waals surface area contributed by atoms with Gasteiger partial charge in [-0.1, -0.05) is 18.2 Å². The summed E-state index contributed by atoms with van der Waals surface area (Å²) in [6.45, 7) is 0. The molecule has 1 unspecified atom stereocenters. The first-order chi connectivity index (χ1) is 8.99. The van der Waals surface area contributed by atoms with Gasteiger partial charge in [0.25, 0.3) is 0 Å². The quantitative estimate of drug-likeness (QED) is 0.434. The monoisotopic (exact) mass is 288 g/mol. The molecule has 0 spiro atoms. The molecule has 2 aromatic rings. The summed E-state index contributed by atoms with van der Waals surface area (Å²) in [5, 5.41) is -0.861. The fourth-order valence-electron chi connectivity index (χ4n) is 1.72. The summed E-state index contributed by atoms with van der Waals surface area (Å²) in [5.41, 5.74) is 0.551. The average molecular weight is 289 g/mol. The van der Waals surface area contributed by atoms with Crippen molar-refractivity contribution in [3.63, 3.8) is 0 Å². The Balaban J connectivity index is 2.23. The van der Waals surface area contributed by atoms with E-state index in [1.807, 2.05) is 0 Å². The molecule has 0 heterocycles. The fourth-order valence-corrected chi connectivity index (χ4v) is 2.07. The molecule has 0 aliphatic rings. The fraction of sp³-hybridized carbons (Fsp3) is 0.143. The van der Waals surface area contributed by atoms with Crippen LogP contribution < -0.4 is 0 Å². The molecule has 0 aliphatic heterocycles. The molecular weight excluding hydrogens is 280 g/mol. The van der Waals surface area contributed by atoms with Crippen LogP contribution >= 0.6 is 11.6 Å². The topological polar surface area (TPSA) is 0 Å². The van der Waals surface area contributed by atoms with E-state index in [4.69, 9.17) is 11.6 Å². The minimum atomic E-state index is -1.54. The molecule has 19 heavy (non-hydrogen) atoms. The summed E-state index contributed by atoms with van der Waals surface area (Å²) in [4.78, 5) is 0. The van der Waals surface area contributed by atoms with Crippen LogP contribution in [0.2, 0.25) is 0 Å². The molecule has 0 aromatic heterocycles. The zero-order valence-corrected chi connectivity index (χ0v) is 10.4. The van der Waals surface area contributed by atoms with Gasteiger partial charge in [-0.05, 0) is 30.2 Å². The first-order valence-electron chi connectivity index (χ1n) is 5.51. The Morgan fingerprint density at radius 3 is 2.11 bits per heavy atom. The lowest BCUT2D eigenvalue weighted by atomic mass is 10.0. The van der Waals surface area contributed by atoms with Gasteiger partial charge >= 0.3 is 0 Å². The lowest BCUT2D eigenvalue weighted by Crippen LogP contribution is -2.03. The van der Waals surface area contributed by atoms with Crippen LogP contribution in [0.25, 0.3) is 0 Å². The molecule has 0 N–H and O–H groups in total. The molecule has 2 aromatic carbocycles. The summed E-state index contributed by atoms with van der Waals surface area (Å²) in [6.07, 6.45) is 0.184. The maximum atomic E-state index is 13.5. The van der Waals surface area contributed by atoms with E-state index in [-0.39, 0.29) is 12.0 Å². The van der Waals surface area contributed by atoms with Crippen molar-refractivity contribution in [2.75, 3.05) is 0 Å². The Hall–Kier alpha value is -1.55. The van der Waals surface area contributed by atoms with Gasteiger partial charge in [0, 0.05) is 5.56 Å². The van der Waals surface area contributed by atoms with E-state index in [1.54, 1.807) is 0 Å². The molecule has 0 radical (unpaired) electrons. The molecule has 5 heteroatoms. The number of hydrogen-bond acceptors (Lipinski definition) is 0. The van der Waals surface area contributed by atoms with E-state index in [0.29, 0.717) is 5.56 Å². The second kappa shape index (κ2) is 5.61. The van der Waals surface area contributed by atoms with Crippen LogP contribution in [0.5, 0.6) is 0 Å². The van der Waals surface area contributed by atoms with Gasteiger partial charge < -0.3 is 0 Å². The van der Waals surface area contributed by atoms with Crippen molar-refractivity contribution in [2.45, 2.75) is 11.8 Å². The predicted octanol–water partition coefficient (Wildman–Crippen LogP) is 4.77. The van der Waals surface area contributed by atoms with Gasteiger partial charge in [0.2, 0.25) is 0 Å². The van der Waals surface area contributed by atoms with Crippen molar-refractivity contribution in [1.82, 2.24) is 0 Å². The van der Waals surface area contributed by atoms with Crippen LogP contribution in [0.15, 0.2) is 36.4 Å². The maximum absolute atomic E-state index is 13.5. The van der Waals surface area contributed by atoms with E-state index in [0.717, 1.165) is 12.1 Å². The van der Waals surface area contributed by atoms with Gasteiger partial charge in [-0.3, -0.25) is 0 Å². The Labute approximate surface area is 112 Å². The van der Waals surface area contributed by atoms with Crippen LogP contribution in [-0.2, 0) is 6.42 Å². The maximum Gasteiger partial charge on any atom is 0.194 e. The van der Waals surface area contributed by atoms with Crippen LogP contribution in [0, 0.1) is 23.3 Å². The number of halogens is 5. The smallest absolute Gasteiger partial charge is 0.194 e. The molecule has 100 valence electrons. The summed E-state index contributed by atoms with van der Waals surface area (Å²) in [5.74, 6) is -4.48. The highest BCUT2D eigenvalue weighted by atomic mass is 35.5. The molecule has 0 saturated heterocycles. The van der Waals surface area contributed by atoms with E-state index in [1.165, 1.54) is 24.3 Å². The summed E-state index contributed by atoms with van der Waals surface area (Å²) in [6, 6.07) is 7.44. The van der Waals surface area contributed by atoms with E-state index in [2.05, 4.69) is 0 Å². The summed E-state index contributed by atoms with van der Waals surface area (Å²) in [7, 11) is 0. The van der Waals surface area contributed by atoms with Crippen molar-refractivity contribution in [3.05, 3.63) is 70.8 Å². The van der Waals surface area contributed by atoms with Gasteiger partial charge in [-0.15, -0.1) is 11.6 Å². The minimum Gasteiger partial charge on any atom is -0.207 e. The summed E-state index contributed by atoms with van der Waals surface area (Å²) >= 11 is 5.99. The molecule has 0 saturated carbocycles. The Morgan fingerprint density at radius 1 is 0.842 bits per heavy atom. The molecule has 1 atom stereocenters. The summed E-state index contributed by atoms with van der Waals surface area (Å²) < 4.78 is 52.1. The molecule has 0 aliphatic carbocycles. The van der Waals surface area contributed by atoms with Crippen LogP contribution in [0.1, 0.15) is 16.5 Å². The molecule has 2 rings (SSSR count). The number of alkyl halides is 1. The molecule has 0 fully saturated rings. The van der Waals surface area contributed by atoms with E-state index >= 15 is 0 Å². The molecule has 0 bridgehead atoms. The third-order valence-corrected chi connectivity index (χ3v) is 3.12. The lowest BCUT2D eigenvalue weighted by Gasteiger charge is -2.11. The Morgan fingerprint density at radius 2 is 1.47 bits per heavy atom. The van der Waals surface area contributed by atoms with Crippen LogP contribution in [-0.4, -0.2) is 0 Å². The third-order valence-electron chi connectivity index (χ3n) is 2.73. The van der Waals surface area contributed by atoms with E-state index in [9.17, 15) is 17.6 Å². The van der Waals surface area contributed by atoms with Gasteiger partial charge in [-0.2, -0.15) is 0 Å². The largest absolute Gasteiger partial charge is 0.207 e. The Kier molecular flexibility index (Phi) is 4.10. The predicted molar refractivity (Wildman–Crippen MR) is 65.0 cm³/mol. The SMILES string of the molecule is Fc1ccc(CC(Cl)c2ccc(F)c(F)c2F)cc1. The van der Waals surface area contributed by atoms with Crippen LogP contribution in [0.4, 0.5) is 17.6 Å². The highest BCUT2D eigenvalue weighted by molar-refractivity contribution is 6.20. The van der Waals surface area contributed by atoms with Gasteiger partial charge in [0.15, 0.2) is 17.5 Å². The van der Waals surface area contributed by atoms with Gasteiger partial charge in [0.05, 0.1) is 5.38 Å². The first-order valence-corrected chi connectivity index (χ1v) is 5.94. The Bertz CT molecular complexity index is 581. The third kappa shape index (κ3) is 3.07. The number of hydrogen-bond donors (Lipinski definition) is 0. The zero-order valence-electron chi connectivity index (χ0n) is 9.64. The van der Waals surface area contributed by atoms with E-state index < -0.39 is 28.6 Å². The van der Waals surface area contributed by atoms with Crippen LogP contribution in [0.3, 0.4) is 0 Å². The van der Waals surface area contributed by atoms with Crippen molar-refractivity contribution in [3.8, 4) is 0 Å². The lowest BCUT2D eigenvalue weighted by molar-refractivity contribution is 0.440. The number of benzene rings is 2. The minimum absolute atomic E-state index is 0.120. The first kappa shape index (κ1) is 13.9. The second-order valence-electron chi connectivity index (χ2n) is 4.06. The number of rotatable bonds is 3. The van der Waals surface area contributed by atoms with Crippen molar-refractivity contribution in [1.29, 1.82) is 0 Å². The van der Waals surface area contributed by atoms with Crippen molar-refractivity contribution in [2.24, 2.45) is 0 Å². The second-order valence-corrected chi connectivity index (χ2v) is 4.59. The van der Waals surface area contributed by atoms with Crippen molar-refractivity contribution >= 4 is 11.6 Å². The highest BCUT2D eigenvalue weighted by Crippen LogP contribution is 2.29. The standard InChI is InChI=1S/C14H9ClF4/c15-11(7-8-1-3-9(16)4-2-8)10-5-6-12(17)14(19)13(10)18/h1-6,11H,7H2. The molecule has 0 amide bonds. The van der Waals surface area contributed by atoms with Gasteiger partial charge in [0.1, 0.15) is 5.82 Å². The van der Waals surface area contributed by atoms with Crippen molar-refractivity contribution < 1.29 is 17.6 Å². The molecule has 0 nitrogen and oxygen atoms in total. The highest BCUT2D eigenvalue weighted by Gasteiger charge is 2.19. The van der Waals surface area contributed by atoms with Gasteiger partial charge in [-0.25, -0.2) is 17.6 Å². The zero-order chi connectivity index (χ0) is 14.0.